The van der Waals surface area contributed by atoms with Crippen LogP contribution in [0, 0.1) is 0 Å². The number of carbonyl (C=O) groups is 1. The summed E-state index contributed by atoms with van der Waals surface area (Å²) < 4.78 is 29.9. The highest BCUT2D eigenvalue weighted by atomic mass is 35.5. The highest BCUT2D eigenvalue weighted by Gasteiger charge is 2.48. The molecule has 1 atom stereocenters. The molecule has 1 saturated heterocycles. The largest absolute Gasteiger partial charge is 0.438 e. The van der Waals surface area contributed by atoms with Gasteiger partial charge in [-0.1, -0.05) is 23.7 Å². The number of ether oxygens (including phenoxy) is 1. The van der Waals surface area contributed by atoms with Gasteiger partial charge in [-0.2, -0.15) is 5.10 Å². The second-order valence-electron chi connectivity index (χ2n) is 7.57. The number of benzene rings is 2. The van der Waals surface area contributed by atoms with Crippen molar-refractivity contribution in [2.45, 2.75) is 12.0 Å². The number of anilines is 1. The van der Waals surface area contributed by atoms with Crippen LogP contribution < -0.4 is 15.0 Å². The Hall–Kier alpha value is -3.17. The minimum Gasteiger partial charge on any atom is -0.438 e. The second kappa shape index (κ2) is 8.76. The Kier molecular flexibility index (Phi) is 6.03. The Labute approximate surface area is 191 Å². The van der Waals surface area contributed by atoms with E-state index in [9.17, 15) is 13.2 Å². The Bertz CT molecular complexity index is 1220. The van der Waals surface area contributed by atoms with Crippen molar-refractivity contribution in [2.75, 3.05) is 23.5 Å². The van der Waals surface area contributed by atoms with Gasteiger partial charge < -0.3 is 10.1 Å². The summed E-state index contributed by atoms with van der Waals surface area (Å²) in [7, 11) is -3.28. The summed E-state index contributed by atoms with van der Waals surface area (Å²) in [6.45, 7) is 0.235. The number of hydrogen-bond donors (Lipinski definition) is 1. The first-order chi connectivity index (χ1) is 15.3. The summed E-state index contributed by atoms with van der Waals surface area (Å²) in [6.07, 6.45) is 2.93. The predicted molar refractivity (Wildman–Crippen MR) is 122 cm³/mol. The highest BCUT2D eigenvalue weighted by Crippen LogP contribution is 2.41. The third-order valence-corrected chi connectivity index (χ3v) is 6.47. The van der Waals surface area contributed by atoms with Crippen LogP contribution in [0.15, 0.2) is 66.9 Å². The molecular weight excluding hydrogens is 452 g/mol. The first-order valence-electron chi connectivity index (χ1n) is 9.84. The molecule has 2 amide bonds. The van der Waals surface area contributed by atoms with Gasteiger partial charge in [0.1, 0.15) is 15.6 Å². The Morgan fingerprint density at radius 1 is 1.16 bits per heavy atom. The van der Waals surface area contributed by atoms with E-state index in [2.05, 4.69) is 15.5 Å². The molecule has 10 heteroatoms. The average molecular weight is 473 g/mol. The number of amides is 2. The van der Waals surface area contributed by atoms with Crippen LogP contribution in [0.25, 0.3) is 0 Å². The Morgan fingerprint density at radius 2 is 1.94 bits per heavy atom. The van der Waals surface area contributed by atoms with Gasteiger partial charge in [0.05, 0.1) is 11.3 Å². The normalized spacial score (nSPS) is 18.4. The Morgan fingerprint density at radius 3 is 2.62 bits per heavy atom. The first-order valence-corrected chi connectivity index (χ1v) is 12.3. The third kappa shape index (κ3) is 4.68. The molecule has 1 N–H and O–H groups in total. The molecule has 166 valence electrons. The first kappa shape index (κ1) is 22.0. The molecule has 1 fully saturated rings. The summed E-state index contributed by atoms with van der Waals surface area (Å²) in [5.41, 5.74) is 0.393. The van der Waals surface area contributed by atoms with Gasteiger partial charge in [0.15, 0.2) is 0 Å². The summed E-state index contributed by atoms with van der Waals surface area (Å²) in [5, 5.41) is 11.1. The predicted octanol–water partition coefficient (Wildman–Crippen LogP) is 3.78. The number of hydrogen-bond acceptors (Lipinski definition) is 6. The van der Waals surface area contributed by atoms with Gasteiger partial charge in [0.2, 0.25) is 5.88 Å². The van der Waals surface area contributed by atoms with Crippen molar-refractivity contribution in [1.82, 2.24) is 15.5 Å². The molecule has 32 heavy (non-hydrogen) atoms. The van der Waals surface area contributed by atoms with Gasteiger partial charge in [-0.05, 0) is 54.4 Å². The molecule has 1 aliphatic heterocycles. The van der Waals surface area contributed by atoms with E-state index < -0.39 is 15.4 Å². The molecule has 0 aliphatic carbocycles. The van der Waals surface area contributed by atoms with Crippen molar-refractivity contribution in [3.8, 4) is 11.6 Å². The number of aromatic nitrogens is 2. The molecule has 2 heterocycles. The van der Waals surface area contributed by atoms with Gasteiger partial charge in [0.25, 0.3) is 0 Å². The van der Waals surface area contributed by atoms with Gasteiger partial charge in [0, 0.05) is 35.8 Å². The lowest BCUT2D eigenvalue weighted by Gasteiger charge is -2.37. The molecule has 0 spiro atoms. The average Bonchev–Trinajstić information content (AvgIpc) is 3.11. The van der Waals surface area contributed by atoms with Crippen LogP contribution in [0.1, 0.15) is 12.0 Å². The van der Waals surface area contributed by atoms with Crippen LogP contribution in [0.5, 0.6) is 11.6 Å². The second-order valence-corrected chi connectivity index (χ2v) is 10.3. The van der Waals surface area contributed by atoms with Gasteiger partial charge >= 0.3 is 6.03 Å². The number of rotatable bonds is 7. The lowest BCUT2D eigenvalue weighted by atomic mass is 9.86. The number of carbonyl (C=O) groups excluding carboxylic acids is 1. The topological polar surface area (TPSA) is 101 Å². The van der Waals surface area contributed by atoms with Crippen molar-refractivity contribution < 1.29 is 17.9 Å². The third-order valence-electron chi connectivity index (χ3n) is 5.28. The van der Waals surface area contributed by atoms with Gasteiger partial charge in [-0.25, -0.2) is 13.2 Å². The summed E-state index contributed by atoms with van der Waals surface area (Å²) in [5.74, 6) is 0.726. The maximum absolute atomic E-state index is 12.9. The fourth-order valence-corrected chi connectivity index (χ4v) is 4.60. The van der Waals surface area contributed by atoms with E-state index in [0.29, 0.717) is 22.3 Å². The molecular formula is C22H21ClN4O4S. The molecule has 4 rings (SSSR count). The van der Waals surface area contributed by atoms with Crippen molar-refractivity contribution in [2.24, 2.45) is 0 Å². The fourth-order valence-electron chi connectivity index (χ4n) is 3.77. The fraction of sp³-hybridized carbons (Fsp3) is 0.227. The summed E-state index contributed by atoms with van der Waals surface area (Å²) in [4.78, 5) is 14.5. The lowest BCUT2D eigenvalue weighted by Crippen LogP contribution is -2.46. The number of urea groups is 1. The quantitative estimate of drug-likeness (QED) is 0.561. The summed E-state index contributed by atoms with van der Waals surface area (Å²) >= 11 is 6.04. The maximum Gasteiger partial charge on any atom is 0.322 e. The van der Waals surface area contributed by atoms with E-state index >= 15 is 0 Å². The molecule has 0 bridgehead atoms. The van der Waals surface area contributed by atoms with Crippen LogP contribution in [0.2, 0.25) is 5.02 Å². The molecule has 0 saturated carbocycles. The van der Waals surface area contributed by atoms with Crippen LogP contribution in [0.3, 0.4) is 0 Å². The van der Waals surface area contributed by atoms with E-state index in [0.717, 1.165) is 5.56 Å². The van der Waals surface area contributed by atoms with Crippen molar-refractivity contribution in [3.63, 3.8) is 0 Å². The van der Waals surface area contributed by atoms with Crippen molar-refractivity contribution in [3.05, 3.63) is 77.4 Å². The van der Waals surface area contributed by atoms with E-state index in [1.54, 1.807) is 65.7 Å². The number of nitrogens with one attached hydrogen (secondary N) is 1. The molecule has 3 aromatic rings. The van der Waals surface area contributed by atoms with E-state index in [4.69, 9.17) is 16.3 Å². The van der Waals surface area contributed by atoms with Gasteiger partial charge in [-0.15, -0.1) is 5.10 Å². The van der Waals surface area contributed by atoms with E-state index in [1.165, 1.54) is 6.26 Å². The zero-order valence-electron chi connectivity index (χ0n) is 17.2. The van der Waals surface area contributed by atoms with Gasteiger partial charge in [-0.3, -0.25) is 4.90 Å². The zero-order chi connectivity index (χ0) is 22.8. The summed E-state index contributed by atoms with van der Waals surface area (Å²) in [6, 6.07) is 17.1. The van der Waals surface area contributed by atoms with Crippen molar-refractivity contribution >= 4 is 33.2 Å². The standard InChI is InChI=1S/C22H21ClN4O4S/c1-32(29,30)13-11-22(15-24-21(28)27(22)18-9-7-17(23)8-10-18)16-4-2-5-19(14-16)31-20-6-3-12-25-26-20/h2-10,12,14H,11,13,15H2,1H3,(H,24,28). The minimum absolute atomic E-state index is 0.0959. The minimum atomic E-state index is -3.28. The molecule has 1 aliphatic rings. The Balaban J connectivity index is 1.79. The lowest BCUT2D eigenvalue weighted by molar-refractivity contribution is 0.250. The number of sulfone groups is 1. The molecule has 1 unspecified atom stereocenters. The van der Waals surface area contributed by atoms with Crippen molar-refractivity contribution in [1.29, 1.82) is 0 Å². The maximum atomic E-state index is 12.9. The van der Waals surface area contributed by atoms with Crippen LogP contribution in [-0.4, -0.2) is 43.2 Å². The molecule has 1 aromatic heterocycles. The molecule has 0 radical (unpaired) electrons. The monoisotopic (exact) mass is 472 g/mol. The van der Waals surface area contributed by atoms with Crippen LogP contribution in [0.4, 0.5) is 10.5 Å². The van der Waals surface area contributed by atoms with Crippen LogP contribution >= 0.6 is 11.6 Å². The molecule has 8 nitrogen and oxygen atoms in total. The molecule has 2 aromatic carbocycles. The highest BCUT2D eigenvalue weighted by molar-refractivity contribution is 7.90. The van der Waals surface area contributed by atoms with E-state index in [1.807, 2.05) is 6.07 Å². The zero-order valence-corrected chi connectivity index (χ0v) is 18.8. The smallest absolute Gasteiger partial charge is 0.322 e. The van der Waals surface area contributed by atoms with Crippen LogP contribution in [-0.2, 0) is 15.4 Å². The SMILES string of the molecule is CS(=O)(=O)CCC1(c2cccc(Oc3cccnn3)c2)CNC(=O)N1c1ccc(Cl)cc1. The van der Waals surface area contributed by atoms with E-state index in [-0.39, 0.29) is 24.7 Å². The number of nitrogens with zero attached hydrogens (tertiary/aromatic N) is 3. The number of halogens is 1.